The lowest BCUT2D eigenvalue weighted by Gasteiger charge is -2.18. The van der Waals surface area contributed by atoms with Gasteiger partial charge in [-0.2, -0.15) is 0 Å². The number of halogens is 3. The van der Waals surface area contributed by atoms with Gasteiger partial charge in [0, 0.05) is 16.6 Å². The number of hydrogen-bond donors (Lipinski definition) is 1. The van der Waals surface area contributed by atoms with Crippen molar-refractivity contribution in [1.82, 2.24) is 5.32 Å². The van der Waals surface area contributed by atoms with E-state index in [1.165, 1.54) is 17.7 Å². The van der Waals surface area contributed by atoms with Crippen LogP contribution in [0.15, 0.2) is 46.9 Å². The maximum absolute atomic E-state index is 13.3. The molecule has 0 aliphatic rings. The van der Waals surface area contributed by atoms with Crippen LogP contribution >= 0.6 is 15.9 Å². The fourth-order valence-electron chi connectivity index (χ4n) is 2.42. The van der Waals surface area contributed by atoms with Crippen molar-refractivity contribution in [3.63, 3.8) is 0 Å². The van der Waals surface area contributed by atoms with Crippen LogP contribution in [0.1, 0.15) is 18.1 Å². The highest BCUT2D eigenvalue weighted by atomic mass is 79.9. The quantitative estimate of drug-likeness (QED) is 0.806. The summed E-state index contributed by atoms with van der Waals surface area (Å²) < 4.78 is 27.6. The Bertz CT molecular complexity index is 564. The Kier molecular flexibility index (Phi) is 5.88. The normalized spacial score (nSPS) is 12.4. The molecule has 0 bridgehead atoms. The monoisotopic (exact) mass is 353 g/mol. The van der Waals surface area contributed by atoms with Crippen molar-refractivity contribution in [1.29, 1.82) is 0 Å². The van der Waals surface area contributed by atoms with Gasteiger partial charge in [-0.05, 0) is 54.8 Å². The van der Waals surface area contributed by atoms with Crippen molar-refractivity contribution < 1.29 is 8.78 Å². The van der Waals surface area contributed by atoms with E-state index in [2.05, 4.69) is 33.4 Å². The Morgan fingerprint density at radius 2 is 1.52 bits per heavy atom. The molecule has 0 spiro atoms. The van der Waals surface area contributed by atoms with Crippen molar-refractivity contribution in [2.45, 2.75) is 25.8 Å². The van der Waals surface area contributed by atoms with Crippen LogP contribution in [0, 0.1) is 11.6 Å². The van der Waals surface area contributed by atoms with E-state index in [0.717, 1.165) is 23.5 Å². The molecule has 0 amide bonds. The van der Waals surface area contributed by atoms with Crippen LogP contribution in [0.5, 0.6) is 0 Å². The molecule has 1 nitrogen and oxygen atoms in total. The molecule has 0 radical (unpaired) electrons. The van der Waals surface area contributed by atoms with Crippen molar-refractivity contribution in [3.8, 4) is 0 Å². The molecule has 0 aliphatic heterocycles. The predicted molar refractivity (Wildman–Crippen MR) is 85.4 cm³/mol. The summed E-state index contributed by atoms with van der Waals surface area (Å²) in [5.41, 5.74) is 1.87. The summed E-state index contributed by atoms with van der Waals surface area (Å²) in [7, 11) is 0. The first-order chi connectivity index (χ1) is 10.1. The minimum Gasteiger partial charge on any atom is -0.314 e. The van der Waals surface area contributed by atoms with Gasteiger partial charge in [0.05, 0.1) is 0 Å². The molecular weight excluding hydrogens is 336 g/mol. The minimum absolute atomic E-state index is 0.150. The van der Waals surface area contributed by atoms with Crippen LogP contribution < -0.4 is 5.32 Å². The van der Waals surface area contributed by atoms with E-state index in [1.807, 2.05) is 19.1 Å². The topological polar surface area (TPSA) is 12.0 Å². The first-order valence-corrected chi connectivity index (χ1v) is 7.79. The largest absolute Gasteiger partial charge is 0.314 e. The van der Waals surface area contributed by atoms with E-state index in [1.54, 1.807) is 0 Å². The average molecular weight is 354 g/mol. The maximum atomic E-state index is 13.3. The molecule has 1 atom stereocenters. The van der Waals surface area contributed by atoms with Crippen molar-refractivity contribution in [3.05, 3.63) is 69.7 Å². The third kappa shape index (κ3) is 5.21. The molecule has 0 aliphatic carbocycles. The third-order valence-electron chi connectivity index (χ3n) is 3.29. The van der Waals surface area contributed by atoms with Gasteiger partial charge in [0.1, 0.15) is 11.6 Å². The molecule has 2 aromatic rings. The zero-order chi connectivity index (χ0) is 15.2. The minimum atomic E-state index is -0.524. The SMILES string of the molecule is CCNC(Cc1ccc(Br)cc1)Cc1cc(F)cc(F)c1. The van der Waals surface area contributed by atoms with E-state index >= 15 is 0 Å². The summed E-state index contributed by atoms with van der Waals surface area (Å²) in [5, 5.41) is 3.38. The molecule has 1 N–H and O–H groups in total. The van der Waals surface area contributed by atoms with E-state index in [-0.39, 0.29) is 6.04 Å². The van der Waals surface area contributed by atoms with Gasteiger partial charge in [-0.3, -0.25) is 0 Å². The highest BCUT2D eigenvalue weighted by Gasteiger charge is 2.11. The number of likely N-dealkylation sites (N-methyl/N-ethyl adjacent to an activating group) is 1. The molecule has 21 heavy (non-hydrogen) atoms. The van der Waals surface area contributed by atoms with E-state index in [4.69, 9.17) is 0 Å². The van der Waals surface area contributed by atoms with Gasteiger partial charge in [-0.15, -0.1) is 0 Å². The Balaban J connectivity index is 2.09. The van der Waals surface area contributed by atoms with Crippen LogP contribution in [-0.4, -0.2) is 12.6 Å². The van der Waals surface area contributed by atoms with Gasteiger partial charge >= 0.3 is 0 Å². The van der Waals surface area contributed by atoms with Crippen LogP contribution in [-0.2, 0) is 12.8 Å². The molecule has 0 aromatic heterocycles. The number of benzene rings is 2. The first-order valence-electron chi connectivity index (χ1n) is 6.99. The molecule has 112 valence electrons. The smallest absolute Gasteiger partial charge is 0.126 e. The predicted octanol–water partition coefficient (Wildman–Crippen LogP) is 4.49. The summed E-state index contributed by atoms with van der Waals surface area (Å²) in [6.07, 6.45) is 1.41. The molecule has 0 fully saturated rings. The first kappa shape index (κ1) is 16.1. The zero-order valence-electron chi connectivity index (χ0n) is 11.9. The Morgan fingerprint density at radius 1 is 0.952 bits per heavy atom. The molecular formula is C17H18BrF2N. The highest BCUT2D eigenvalue weighted by Crippen LogP contribution is 2.15. The second-order valence-electron chi connectivity index (χ2n) is 5.07. The van der Waals surface area contributed by atoms with Gasteiger partial charge in [0.25, 0.3) is 0 Å². The van der Waals surface area contributed by atoms with Gasteiger partial charge in [-0.25, -0.2) is 8.78 Å². The van der Waals surface area contributed by atoms with Crippen molar-refractivity contribution in [2.75, 3.05) is 6.54 Å². The summed E-state index contributed by atoms with van der Waals surface area (Å²) >= 11 is 3.41. The molecule has 2 rings (SSSR count). The number of rotatable bonds is 6. The Morgan fingerprint density at radius 3 is 2.10 bits per heavy atom. The van der Waals surface area contributed by atoms with Crippen molar-refractivity contribution in [2.24, 2.45) is 0 Å². The lowest BCUT2D eigenvalue weighted by molar-refractivity contribution is 0.515. The molecule has 2 aromatic carbocycles. The lowest BCUT2D eigenvalue weighted by atomic mass is 9.99. The molecule has 0 saturated heterocycles. The third-order valence-corrected chi connectivity index (χ3v) is 3.82. The van der Waals surface area contributed by atoms with Gasteiger partial charge in [-0.1, -0.05) is 35.0 Å². The van der Waals surface area contributed by atoms with Crippen LogP contribution in [0.3, 0.4) is 0 Å². The number of nitrogens with one attached hydrogen (secondary N) is 1. The van der Waals surface area contributed by atoms with Crippen LogP contribution in [0.4, 0.5) is 8.78 Å². The van der Waals surface area contributed by atoms with Gasteiger partial charge < -0.3 is 5.32 Å². The molecule has 0 saturated carbocycles. The van der Waals surface area contributed by atoms with E-state index in [0.29, 0.717) is 12.0 Å². The molecule has 0 heterocycles. The fourth-order valence-corrected chi connectivity index (χ4v) is 2.69. The molecule has 4 heteroatoms. The van der Waals surface area contributed by atoms with E-state index < -0.39 is 11.6 Å². The fraction of sp³-hybridized carbons (Fsp3) is 0.294. The van der Waals surface area contributed by atoms with E-state index in [9.17, 15) is 8.78 Å². The van der Waals surface area contributed by atoms with Gasteiger partial charge in [0.15, 0.2) is 0 Å². The Labute approximate surface area is 132 Å². The summed E-state index contributed by atoms with van der Waals surface area (Å²) in [6.45, 7) is 2.85. The second kappa shape index (κ2) is 7.66. The average Bonchev–Trinajstić information content (AvgIpc) is 2.40. The van der Waals surface area contributed by atoms with Crippen molar-refractivity contribution >= 4 is 15.9 Å². The van der Waals surface area contributed by atoms with Gasteiger partial charge in [0.2, 0.25) is 0 Å². The van der Waals surface area contributed by atoms with Crippen LogP contribution in [0.2, 0.25) is 0 Å². The highest BCUT2D eigenvalue weighted by molar-refractivity contribution is 9.10. The second-order valence-corrected chi connectivity index (χ2v) is 5.98. The number of hydrogen-bond acceptors (Lipinski definition) is 1. The maximum Gasteiger partial charge on any atom is 0.126 e. The zero-order valence-corrected chi connectivity index (χ0v) is 13.5. The summed E-state index contributed by atoms with van der Waals surface area (Å²) in [6, 6.07) is 12.0. The summed E-state index contributed by atoms with van der Waals surface area (Å²) in [4.78, 5) is 0. The standard InChI is InChI=1S/C17H18BrF2N/c1-2-21-17(9-12-3-5-14(18)6-4-12)10-13-7-15(19)11-16(20)8-13/h3-8,11,17,21H,2,9-10H2,1H3. The lowest BCUT2D eigenvalue weighted by Crippen LogP contribution is -2.33. The van der Waals surface area contributed by atoms with Crippen LogP contribution in [0.25, 0.3) is 0 Å². The summed E-state index contributed by atoms with van der Waals surface area (Å²) in [5.74, 6) is -1.05. The molecule has 1 unspecified atom stereocenters. The Hall–Kier alpha value is -1.26.